The molecule has 1 amide bonds. The predicted octanol–water partition coefficient (Wildman–Crippen LogP) is 1.05. The van der Waals surface area contributed by atoms with Crippen molar-refractivity contribution in [2.45, 2.75) is 6.92 Å². The molecule has 0 radical (unpaired) electrons. The van der Waals surface area contributed by atoms with Gasteiger partial charge in [-0.05, 0) is 19.1 Å². The maximum atomic E-state index is 11.4. The molecule has 0 spiro atoms. The number of amides is 1. The largest absolute Gasteiger partial charge is 0.299 e. The van der Waals surface area contributed by atoms with Crippen LogP contribution in [0.1, 0.15) is 5.56 Å². The lowest BCUT2D eigenvalue weighted by Gasteiger charge is -2.13. The summed E-state index contributed by atoms with van der Waals surface area (Å²) in [6.07, 6.45) is 0. The lowest BCUT2D eigenvalue weighted by molar-refractivity contribution is -0.115. The van der Waals surface area contributed by atoms with Crippen LogP contribution in [0.15, 0.2) is 24.3 Å². The van der Waals surface area contributed by atoms with Crippen LogP contribution < -0.4 is 4.90 Å². The number of carbonyl (C=O) groups is 1. The quantitative estimate of drug-likeness (QED) is 0.693. The molecule has 0 saturated carbocycles. The molecule has 3 nitrogen and oxygen atoms in total. The second-order valence-corrected chi connectivity index (χ2v) is 4.80. The summed E-state index contributed by atoms with van der Waals surface area (Å²) in [6.45, 7) is 1.99. The maximum Gasteiger partial charge on any atom is 0.240 e. The minimum Gasteiger partial charge on any atom is -0.299 e. The van der Waals surface area contributed by atoms with Crippen molar-refractivity contribution in [1.82, 2.24) is 0 Å². The Kier molecular flexibility index (Phi) is 2.37. The van der Waals surface area contributed by atoms with Crippen molar-refractivity contribution < 1.29 is 9.00 Å². The molecule has 1 aromatic rings. The van der Waals surface area contributed by atoms with E-state index in [9.17, 15) is 9.00 Å². The number of hydrogen-bond donors (Lipinski definition) is 0. The molecular formula is C10H11NO2S. The number of carbonyl (C=O) groups excluding carboxylic acids is 1. The number of hydrogen-bond acceptors (Lipinski definition) is 2. The molecule has 1 aliphatic heterocycles. The second kappa shape index (κ2) is 3.53. The van der Waals surface area contributed by atoms with Crippen LogP contribution in [-0.2, 0) is 15.6 Å². The zero-order chi connectivity index (χ0) is 10.1. The van der Waals surface area contributed by atoms with Crippen LogP contribution in [0.25, 0.3) is 0 Å². The highest BCUT2D eigenvalue weighted by Gasteiger charge is 2.27. The molecule has 1 saturated heterocycles. The van der Waals surface area contributed by atoms with E-state index in [4.69, 9.17) is 0 Å². The second-order valence-electron chi connectivity index (χ2n) is 3.37. The highest BCUT2D eigenvalue weighted by Crippen LogP contribution is 2.19. The van der Waals surface area contributed by atoms with Crippen molar-refractivity contribution in [3.8, 4) is 0 Å². The van der Waals surface area contributed by atoms with E-state index in [2.05, 4.69) is 0 Å². The molecular weight excluding hydrogens is 198 g/mol. The summed E-state index contributed by atoms with van der Waals surface area (Å²) in [5.74, 6) is 0.447. The molecule has 0 bridgehead atoms. The Hall–Kier alpha value is -1.16. The topological polar surface area (TPSA) is 37.4 Å². The van der Waals surface area contributed by atoms with Gasteiger partial charge in [0.25, 0.3) is 0 Å². The van der Waals surface area contributed by atoms with Gasteiger partial charge in [-0.3, -0.25) is 13.9 Å². The van der Waals surface area contributed by atoms with Crippen molar-refractivity contribution in [3.63, 3.8) is 0 Å². The monoisotopic (exact) mass is 209 g/mol. The summed E-state index contributed by atoms with van der Waals surface area (Å²) in [4.78, 5) is 13.0. The van der Waals surface area contributed by atoms with Crippen molar-refractivity contribution in [2.75, 3.05) is 16.5 Å². The Balaban J connectivity index is 2.27. The average Bonchev–Trinajstić information content (AvgIpc) is 2.47. The molecule has 1 unspecified atom stereocenters. The first kappa shape index (κ1) is 9.40. The molecule has 1 aromatic carbocycles. The summed E-state index contributed by atoms with van der Waals surface area (Å²) in [7, 11) is -1.01. The Labute approximate surface area is 85.2 Å². The number of anilines is 1. The van der Waals surface area contributed by atoms with Crippen molar-refractivity contribution in [2.24, 2.45) is 0 Å². The van der Waals surface area contributed by atoms with Gasteiger partial charge >= 0.3 is 0 Å². The molecule has 1 heterocycles. The first-order chi connectivity index (χ1) is 6.66. The predicted molar refractivity (Wildman–Crippen MR) is 56.5 cm³/mol. The van der Waals surface area contributed by atoms with Crippen LogP contribution in [0.4, 0.5) is 5.69 Å². The maximum absolute atomic E-state index is 11.4. The molecule has 4 heteroatoms. The Morgan fingerprint density at radius 2 is 1.93 bits per heavy atom. The fraction of sp³-hybridized carbons (Fsp3) is 0.300. The van der Waals surface area contributed by atoms with E-state index in [0.717, 1.165) is 11.3 Å². The molecule has 1 fully saturated rings. The van der Waals surface area contributed by atoms with E-state index in [1.165, 1.54) is 0 Å². The number of rotatable bonds is 1. The highest BCUT2D eigenvalue weighted by atomic mass is 32.2. The Bertz CT molecular complexity index is 386. The van der Waals surface area contributed by atoms with Crippen LogP contribution in [-0.4, -0.2) is 21.7 Å². The molecule has 0 N–H and O–H groups in total. The van der Waals surface area contributed by atoms with Gasteiger partial charge in [0.05, 0.1) is 10.8 Å². The third-order valence-corrected chi connectivity index (χ3v) is 3.32. The van der Waals surface area contributed by atoms with E-state index in [-0.39, 0.29) is 11.7 Å². The zero-order valence-electron chi connectivity index (χ0n) is 7.90. The third-order valence-electron chi connectivity index (χ3n) is 2.20. The molecule has 2 rings (SSSR count). The Morgan fingerprint density at radius 3 is 2.43 bits per heavy atom. The molecule has 1 aliphatic rings. The summed E-state index contributed by atoms with van der Waals surface area (Å²) >= 11 is 0. The fourth-order valence-electron chi connectivity index (χ4n) is 1.42. The Morgan fingerprint density at radius 1 is 1.29 bits per heavy atom. The van der Waals surface area contributed by atoms with E-state index in [0.29, 0.717) is 5.88 Å². The van der Waals surface area contributed by atoms with Crippen molar-refractivity contribution >= 4 is 22.4 Å². The minimum atomic E-state index is -1.01. The van der Waals surface area contributed by atoms with Gasteiger partial charge in [-0.25, -0.2) is 0 Å². The van der Waals surface area contributed by atoms with Gasteiger partial charge in [-0.1, -0.05) is 17.7 Å². The van der Waals surface area contributed by atoms with E-state index in [1.54, 1.807) is 4.90 Å². The zero-order valence-corrected chi connectivity index (χ0v) is 8.71. The van der Waals surface area contributed by atoms with Crippen LogP contribution in [0.2, 0.25) is 0 Å². The first-order valence-electron chi connectivity index (χ1n) is 4.39. The van der Waals surface area contributed by atoms with E-state index in [1.807, 2.05) is 31.2 Å². The van der Waals surface area contributed by atoms with Crippen LogP contribution >= 0.6 is 0 Å². The minimum absolute atomic E-state index is 0.0489. The van der Waals surface area contributed by atoms with Crippen molar-refractivity contribution in [3.05, 3.63) is 29.8 Å². The lowest BCUT2D eigenvalue weighted by atomic mass is 10.2. The van der Waals surface area contributed by atoms with Crippen LogP contribution in [0.3, 0.4) is 0 Å². The van der Waals surface area contributed by atoms with Gasteiger partial charge in [0, 0.05) is 5.69 Å². The van der Waals surface area contributed by atoms with Gasteiger partial charge in [-0.15, -0.1) is 0 Å². The van der Waals surface area contributed by atoms with E-state index < -0.39 is 10.8 Å². The summed E-state index contributed by atoms with van der Waals surface area (Å²) < 4.78 is 11.2. The van der Waals surface area contributed by atoms with E-state index >= 15 is 0 Å². The molecule has 0 aliphatic carbocycles. The summed E-state index contributed by atoms with van der Waals surface area (Å²) in [6, 6.07) is 7.67. The SMILES string of the molecule is Cc1ccc(N2CS(=O)CC2=O)cc1. The molecule has 0 aromatic heterocycles. The summed E-state index contributed by atoms with van der Waals surface area (Å²) in [5, 5.41) is 0. The fourth-order valence-corrected chi connectivity index (χ4v) is 2.52. The van der Waals surface area contributed by atoms with Crippen LogP contribution in [0, 0.1) is 6.92 Å². The van der Waals surface area contributed by atoms with Gasteiger partial charge in [0.2, 0.25) is 5.91 Å². The average molecular weight is 209 g/mol. The lowest BCUT2D eigenvalue weighted by Crippen LogP contribution is -2.24. The third kappa shape index (κ3) is 1.70. The number of aryl methyl sites for hydroxylation is 1. The van der Waals surface area contributed by atoms with Crippen LogP contribution in [0.5, 0.6) is 0 Å². The van der Waals surface area contributed by atoms with Gasteiger partial charge in [-0.2, -0.15) is 0 Å². The highest BCUT2D eigenvalue weighted by molar-refractivity contribution is 7.86. The first-order valence-corrected chi connectivity index (χ1v) is 5.87. The normalized spacial score (nSPS) is 21.6. The van der Waals surface area contributed by atoms with Gasteiger partial charge < -0.3 is 0 Å². The molecule has 1 atom stereocenters. The van der Waals surface area contributed by atoms with Gasteiger partial charge in [0.15, 0.2) is 0 Å². The summed E-state index contributed by atoms with van der Waals surface area (Å²) in [5.41, 5.74) is 1.99. The standard InChI is InChI=1S/C10H11NO2S/c1-8-2-4-9(5-3-8)11-7-14(13)6-10(11)12/h2-5H,6-7H2,1H3. The number of benzene rings is 1. The smallest absolute Gasteiger partial charge is 0.240 e. The van der Waals surface area contributed by atoms with Crippen molar-refractivity contribution in [1.29, 1.82) is 0 Å². The van der Waals surface area contributed by atoms with Gasteiger partial charge in [0.1, 0.15) is 11.6 Å². The number of nitrogens with zero attached hydrogens (tertiary/aromatic N) is 1. The molecule has 74 valence electrons. The molecule has 14 heavy (non-hydrogen) atoms.